The number of benzene rings is 1. The van der Waals surface area contributed by atoms with E-state index in [4.69, 9.17) is 0 Å². The summed E-state index contributed by atoms with van der Waals surface area (Å²) in [5, 5.41) is 15.5. The summed E-state index contributed by atoms with van der Waals surface area (Å²) >= 11 is 0. The van der Waals surface area contributed by atoms with Crippen LogP contribution in [-0.4, -0.2) is 11.4 Å². The van der Waals surface area contributed by atoms with Crippen LogP contribution in [0.3, 0.4) is 0 Å². The first-order chi connectivity index (χ1) is 11.3. The fourth-order valence-corrected chi connectivity index (χ4v) is 3.35. The predicted molar refractivity (Wildman–Crippen MR) is 104 cm³/mol. The van der Waals surface area contributed by atoms with E-state index in [1.165, 1.54) is 6.20 Å². The van der Waals surface area contributed by atoms with Crippen LogP contribution in [0.5, 0.6) is 0 Å². The molecule has 1 aromatic carbocycles. The van der Waals surface area contributed by atoms with Crippen molar-refractivity contribution in [3.05, 3.63) is 40.6 Å². The Morgan fingerprint density at radius 1 is 1.12 bits per heavy atom. The molecule has 0 aromatic heterocycles. The number of carbonyl (C=O) groups excluding carboxylic acids is 1. The minimum atomic E-state index is -0.392. The third-order valence-electron chi connectivity index (χ3n) is 3.86. The van der Waals surface area contributed by atoms with E-state index in [0.29, 0.717) is 0 Å². The first kappa shape index (κ1) is 20.8. The molecule has 0 fully saturated rings. The highest BCUT2D eigenvalue weighted by molar-refractivity contribution is 6.07. The van der Waals surface area contributed by atoms with Gasteiger partial charge in [-0.15, -0.1) is 0 Å². The number of carbonyl (C=O) groups is 1. The average molecular weight is 341 g/mol. The lowest BCUT2D eigenvalue weighted by atomic mass is 9.82. The largest absolute Gasteiger partial charge is 0.385 e. The molecule has 2 N–H and O–H groups in total. The standard InChI is InChI=1S/C21H31N3O/c1-14-9-15(2)18(16(3)10-14)24-19(25)17(11-22)12-23-21(7,8)13-20(4,5)6/h9-10,12,23H,13H2,1-8H3,(H,24,25)/b17-12-. The summed E-state index contributed by atoms with van der Waals surface area (Å²) in [5.41, 5.74) is 3.90. The molecule has 0 radical (unpaired) electrons. The second kappa shape index (κ2) is 7.74. The number of anilines is 1. The maximum atomic E-state index is 12.5. The second-order valence-electron chi connectivity index (χ2n) is 8.66. The topological polar surface area (TPSA) is 64.9 Å². The number of aryl methyl sites for hydroxylation is 3. The Kier molecular flexibility index (Phi) is 6.42. The molecule has 4 heteroatoms. The van der Waals surface area contributed by atoms with Gasteiger partial charge in [-0.25, -0.2) is 0 Å². The Morgan fingerprint density at radius 3 is 2.08 bits per heavy atom. The van der Waals surface area contributed by atoms with Crippen LogP contribution in [-0.2, 0) is 4.79 Å². The minimum Gasteiger partial charge on any atom is -0.385 e. The van der Waals surface area contributed by atoms with Crippen molar-refractivity contribution in [2.45, 2.75) is 67.3 Å². The SMILES string of the molecule is Cc1cc(C)c(NC(=O)/C(C#N)=C\NC(C)(C)CC(C)(C)C)c(C)c1. The van der Waals surface area contributed by atoms with Crippen LogP contribution >= 0.6 is 0 Å². The van der Waals surface area contributed by atoms with Crippen molar-refractivity contribution in [2.75, 3.05) is 5.32 Å². The van der Waals surface area contributed by atoms with E-state index < -0.39 is 5.91 Å². The van der Waals surface area contributed by atoms with Crippen LogP contribution in [0.1, 0.15) is 57.7 Å². The molecule has 0 aliphatic heterocycles. The summed E-state index contributed by atoms with van der Waals surface area (Å²) in [5.74, 6) is -0.392. The maximum absolute atomic E-state index is 12.5. The lowest BCUT2D eigenvalue weighted by Gasteiger charge is -2.33. The van der Waals surface area contributed by atoms with E-state index in [1.54, 1.807) is 0 Å². The Morgan fingerprint density at radius 2 is 1.64 bits per heavy atom. The molecule has 136 valence electrons. The molecule has 0 aliphatic rings. The van der Waals surface area contributed by atoms with E-state index in [1.807, 2.05) is 39.0 Å². The van der Waals surface area contributed by atoms with Crippen molar-refractivity contribution in [3.8, 4) is 6.07 Å². The number of nitriles is 1. The number of hydrogen-bond donors (Lipinski definition) is 2. The molecule has 0 unspecified atom stereocenters. The Balaban J connectivity index is 2.94. The van der Waals surface area contributed by atoms with Crippen molar-refractivity contribution in [1.82, 2.24) is 5.32 Å². The highest BCUT2D eigenvalue weighted by Gasteiger charge is 2.24. The fourth-order valence-electron chi connectivity index (χ4n) is 3.35. The number of nitrogens with one attached hydrogen (secondary N) is 2. The summed E-state index contributed by atoms with van der Waals surface area (Å²) in [6.07, 6.45) is 2.44. The third-order valence-corrected chi connectivity index (χ3v) is 3.86. The Labute approximate surface area is 152 Å². The lowest BCUT2D eigenvalue weighted by molar-refractivity contribution is -0.112. The van der Waals surface area contributed by atoms with Gasteiger partial charge in [0, 0.05) is 17.4 Å². The summed E-state index contributed by atoms with van der Waals surface area (Å²) in [7, 11) is 0. The van der Waals surface area contributed by atoms with Crippen molar-refractivity contribution in [2.24, 2.45) is 5.41 Å². The monoisotopic (exact) mass is 341 g/mol. The van der Waals surface area contributed by atoms with Gasteiger partial charge in [-0.05, 0) is 57.6 Å². The van der Waals surface area contributed by atoms with Crippen LogP contribution in [0.2, 0.25) is 0 Å². The van der Waals surface area contributed by atoms with Crippen LogP contribution in [0.4, 0.5) is 5.69 Å². The van der Waals surface area contributed by atoms with Gasteiger partial charge in [0.2, 0.25) is 0 Å². The molecule has 1 amide bonds. The molecule has 0 atom stereocenters. The minimum absolute atomic E-state index is 0.0707. The van der Waals surface area contributed by atoms with Crippen molar-refractivity contribution >= 4 is 11.6 Å². The molecule has 0 aliphatic carbocycles. The molecule has 1 rings (SSSR count). The first-order valence-corrected chi connectivity index (χ1v) is 8.62. The van der Waals surface area contributed by atoms with Gasteiger partial charge in [0.15, 0.2) is 0 Å². The van der Waals surface area contributed by atoms with Gasteiger partial charge in [0.1, 0.15) is 11.6 Å². The van der Waals surface area contributed by atoms with Gasteiger partial charge in [-0.3, -0.25) is 4.79 Å². The Hall–Kier alpha value is -2.28. The zero-order valence-electron chi connectivity index (χ0n) is 16.8. The molecule has 1 aromatic rings. The molecule has 0 heterocycles. The van der Waals surface area contributed by atoms with Crippen LogP contribution in [0.15, 0.2) is 23.9 Å². The van der Waals surface area contributed by atoms with Crippen molar-refractivity contribution < 1.29 is 4.79 Å². The van der Waals surface area contributed by atoms with E-state index in [-0.39, 0.29) is 16.5 Å². The third kappa shape index (κ3) is 6.62. The average Bonchev–Trinajstić information content (AvgIpc) is 2.40. The normalized spacial score (nSPS) is 12.5. The molecule has 4 nitrogen and oxygen atoms in total. The molecular formula is C21H31N3O. The highest BCUT2D eigenvalue weighted by atomic mass is 16.1. The number of hydrogen-bond acceptors (Lipinski definition) is 3. The summed E-state index contributed by atoms with van der Waals surface area (Å²) < 4.78 is 0. The fraction of sp³-hybridized carbons (Fsp3) is 0.524. The lowest BCUT2D eigenvalue weighted by Crippen LogP contribution is -2.39. The Bertz CT molecular complexity index is 693. The highest BCUT2D eigenvalue weighted by Crippen LogP contribution is 2.27. The van der Waals surface area contributed by atoms with Crippen LogP contribution in [0, 0.1) is 37.5 Å². The quantitative estimate of drug-likeness (QED) is 0.599. The van der Waals surface area contributed by atoms with E-state index >= 15 is 0 Å². The first-order valence-electron chi connectivity index (χ1n) is 8.62. The summed E-state index contributed by atoms with van der Waals surface area (Å²) in [6, 6.07) is 6.03. The molecule has 0 bridgehead atoms. The van der Waals surface area contributed by atoms with Crippen LogP contribution in [0.25, 0.3) is 0 Å². The molecule has 0 saturated heterocycles. The van der Waals surface area contributed by atoms with Crippen molar-refractivity contribution in [3.63, 3.8) is 0 Å². The van der Waals surface area contributed by atoms with Gasteiger partial charge in [0.05, 0.1) is 0 Å². The van der Waals surface area contributed by atoms with Gasteiger partial charge in [0.25, 0.3) is 5.91 Å². The van der Waals surface area contributed by atoms with Gasteiger partial charge in [-0.2, -0.15) is 5.26 Å². The summed E-state index contributed by atoms with van der Waals surface area (Å²) in [4.78, 5) is 12.5. The van der Waals surface area contributed by atoms with E-state index in [0.717, 1.165) is 28.8 Å². The zero-order chi connectivity index (χ0) is 19.4. The molecule has 0 spiro atoms. The maximum Gasteiger partial charge on any atom is 0.267 e. The molecular weight excluding hydrogens is 310 g/mol. The van der Waals surface area contributed by atoms with Gasteiger partial charge < -0.3 is 10.6 Å². The number of amides is 1. The predicted octanol–water partition coefficient (Wildman–Crippen LogP) is 4.76. The number of rotatable bonds is 5. The molecule has 0 saturated carbocycles. The zero-order valence-corrected chi connectivity index (χ0v) is 16.8. The van der Waals surface area contributed by atoms with Crippen molar-refractivity contribution in [1.29, 1.82) is 5.26 Å². The van der Waals surface area contributed by atoms with Gasteiger partial charge in [-0.1, -0.05) is 38.5 Å². The summed E-state index contributed by atoms with van der Waals surface area (Å²) in [6.45, 7) is 16.6. The smallest absolute Gasteiger partial charge is 0.267 e. The number of nitrogens with zero attached hydrogens (tertiary/aromatic N) is 1. The van der Waals surface area contributed by atoms with E-state index in [2.05, 4.69) is 45.3 Å². The van der Waals surface area contributed by atoms with Crippen LogP contribution < -0.4 is 10.6 Å². The van der Waals surface area contributed by atoms with E-state index in [9.17, 15) is 10.1 Å². The van der Waals surface area contributed by atoms with Gasteiger partial charge >= 0.3 is 0 Å². The molecule has 25 heavy (non-hydrogen) atoms. The second-order valence-corrected chi connectivity index (χ2v) is 8.66.